The van der Waals surface area contributed by atoms with Crippen molar-refractivity contribution in [1.82, 2.24) is 19.7 Å². The zero-order valence-corrected chi connectivity index (χ0v) is 17.5. The molecule has 0 spiro atoms. The average molecular weight is 413 g/mol. The van der Waals surface area contributed by atoms with Gasteiger partial charge in [-0.3, -0.25) is 19.5 Å². The predicted molar refractivity (Wildman–Crippen MR) is 114 cm³/mol. The van der Waals surface area contributed by atoms with E-state index in [1.807, 2.05) is 17.0 Å². The Labute approximate surface area is 176 Å². The number of carbonyl (C=O) groups is 2. The summed E-state index contributed by atoms with van der Waals surface area (Å²) in [7, 11) is 0. The van der Waals surface area contributed by atoms with E-state index in [1.54, 1.807) is 23.6 Å². The van der Waals surface area contributed by atoms with Crippen molar-refractivity contribution in [2.75, 3.05) is 39.3 Å². The third kappa shape index (κ3) is 5.03. The van der Waals surface area contributed by atoms with Crippen LogP contribution in [-0.4, -0.2) is 70.8 Å². The van der Waals surface area contributed by atoms with Gasteiger partial charge >= 0.3 is 0 Å². The molecule has 0 unspecified atom stereocenters. The van der Waals surface area contributed by atoms with Crippen LogP contribution in [0.3, 0.4) is 0 Å². The van der Waals surface area contributed by atoms with Gasteiger partial charge in [0.25, 0.3) is 5.91 Å². The number of hydrogen-bond acceptors (Lipinski definition) is 5. The number of amides is 2. The maximum atomic E-state index is 13.1. The Bertz CT molecular complexity index is 803. The highest BCUT2D eigenvalue weighted by molar-refractivity contribution is 7.09. The van der Waals surface area contributed by atoms with Crippen LogP contribution >= 0.6 is 11.3 Å². The summed E-state index contributed by atoms with van der Waals surface area (Å²) in [5, 5.41) is 2.12. The normalized spacial score (nSPS) is 19.2. The predicted octanol–water partition coefficient (Wildman–Crippen LogP) is 2.73. The molecule has 2 aliphatic heterocycles. The van der Waals surface area contributed by atoms with E-state index in [0.29, 0.717) is 18.8 Å². The first-order valence-corrected chi connectivity index (χ1v) is 11.3. The number of piperidine rings is 1. The molecule has 4 heterocycles. The Morgan fingerprint density at radius 3 is 2.55 bits per heavy atom. The fraction of sp³-hybridized carbons (Fsp3) is 0.500. The highest BCUT2D eigenvalue weighted by atomic mass is 32.1. The number of hydrogen-bond donors (Lipinski definition) is 0. The Morgan fingerprint density at radius 2 is 1.83 bits per heavy atom. The molecule has 0 radical (unpaired) electrons. The molecule has 0 atom stereocenters. The van der Waals surface area contributed by atoms with E-state index in [1.165, 1.54) is 4.88 Å². The first-order chi connectivity index (χ1) is 14.2. The van der Waals surface area contributed by atoms with Gasteiger partial charge in [-0.2, -0.15) is 0 Å². The second kappa shape index (κ2) is 9.50. The van der Waals surface area contributed by atoms with Crippen molar-refractivity contribution in [3.8, 4) is 0 Å². The molecule has 29 heavy (non-hydrogen) atoms. The van der Waals surface area contributed by atoms with E-state index < -0.39 is 0 Å². The van der Waals surface area contributed by atoms with Crippen molar-refractivity contribution in [2.45, 2.75) is 25.8 Å². The molecule has 7 heteroatoms. The Kier molecular flexibility index (Phi) is 6.56. The van der Waals surface area contributed by atoms with E-state index in [9.17, 15) is 9.59 Å². The van der Waals surface area contributed by atoms with Crippen LogP contribution in [0, 0.1) is 5.92 Å². The van der Waals surface area contributed by atoms with Crippen molar-refractivity contribution in [2.24, 2.45) is 5.92 Å². The minimum atomic E-state index is -0.0320. The van der Waals surface area contributed by atoms with E-state index in [0.717, 1.165) is 52.0 Å². The lowest BCUT2D eigenvalue weighted by atomic mass is 9.95. The molecule has 4 rings (SSSR count). The lowest BCUT2D eigenvalue weighted by molar-refractivity contribution is -0.136. The standard InChI is InChI=1S/C22H28N4O2S/c27-21(25-11-4-10-24(14-15-25)17-19-5-3-16-29-19)18-7-12-26(13-8-18)22(28)20-6-1-2-9-23-20/h1-3,5-6,9,16,18H,4,7-8,10-15,17H2. The zero-order chi connectivity index (χ0) is 20.1. The summed E-state index contributed by atoms with van der Waals surface area (Å²) in [6, 6.07) is 9.66. The Hall–Kier alpha value is -2.25. The third-order valence-electron chi connectivity index (χ3n) is 5.88. The van der Waals surface area contributed by atoms with Crippen molar-refractivity contribution < 1.29 is 9.59 Å². The second-order valence-corrected chi connectivity index (χ2v) is 8.85. The van der Waals surface area contributed by atoms with Gasteiger partial charge in [-0.1, -0.05) is 12.1 Å². The van der Waals surface area contributed by atoms with Crippen LogP contribution in [0.2, 0.25) is 0 Å². The zero-order valence-electron chi connectivity index (χ0n) is 16.7. The minimum Gasteiger partial charge on any atom is -0.341 e. The summed E-state index contributed by atoms with van der Waals surface area (Å²) < 4.78 is 0. The van der Waals surface area contributed by atoms with Gasteiger partial charge in [-0.25, -0.2) is 0 Å². The molecule has 2 fully saturated rings. The van der Waals surface area contributed by atoms with Gasteiger partial charge in [0.05, 0.1) is 0 Å². The van der Waals surface area contributed by atoms with Crippen molar-refractivity contribution >= 4 is 23.2 Å². The maximum absolute atomic E-state index is 13.1. The lowest BCUT2D eigenvalue weighted by Gasteiger charge is -2.34. The van der Waals surface area contributed by atoms with Crippen LogP contribution in [-0.2, 0) is 11.3 Å². The molecule has 154 valence electrons. The van der Waals surface area contributed by atoms with Crippen LogP contribution in [0.1, 0.15) is 34.6 Å². The Morgan fingerprint density at radius 1 is 0.966 bits per heavy atom. The lowest BCUT2D eigenvalue weighted by Crippen LogP contribution is -2.45. The molecule has 0 aromatic carbocycles. The summed E-state index contributed by atoms with van der Waals surface area (Å²) >= 11 is 1.80. The average Bonchev–Trinajstić information content (AvgIpc) is 3.17. The summed E-state index contributed by atoms with van der Waals surface area (Å²) in [6.45, 7) is 5.85. The van der Waals surface area contributed by atoms with Crippen LogP contribution < -0.4 is 0 Å². The molecule has 2 aromatic heterocycles. The van der Waals surface area contributed by atoms with Gasteiger partial charge in [0, 0.05) is 62.8 Å². The molecular weight excluding hydrogens is 384 g/mol. The molecular formula is C22H28N4O2S. The highest BCUT2D eigenvalue weighted by Crippen LogP contribution is 2.22. The van der Waals surface area contributed by atoms with E-state index in [2.05, 4.69) is 32.3 Å². The molecule has 2 aromatic rings. The number of nitrogens with zero attached hydrogens (tertiary/aromatic N) is 4. The fourth-order valence-corrected chi connectivity index (χ4v) is 4.96. The molecule has 0 bridgehead atoms. The largest absolute Gasteiger partial charge is 0.341 e. The van der Waals surface area contributed by atoms with Crippen molar-refractivity contribution in [3.05, 3.63) is 52.5 Å². The molecule has 2 amide bonds. The van der Waals surface area contributed by atoms with Gasteiger partial charge in [0.15, 0.2) is 0 Å². The fourth-order valence-electron chi connectivity index (χ4n) is 4.21. The maximum Gasteiger partial charge on any atom is 0.272 e. The van der Waals surface area contributed by atoms with Crippen LogP contribution in [0.5, 0.6) is 0 Å². The van der Waals surface area contributed by atoms with Gasteiger partial charge < -0.3 is 9.80 Å². The van der Waals surface area contributed by atoms with Gasteiger partial charge in [0.1, 0.15) is 5.69 Å². The highest BCUT2D eigenvalue weighted by Gasteiger charge is 2.31. The molecule has 6 nitrogen and oxygen atoms in total. The molecule has 0 N–H and O–H groups in total. The van der Waals surface area contributed by atoms with Gasteiger partial charge in [-0.05, 0) is 42.8 Å². The Balaban J connectivity index is 1.26. The molecule has 2 saturated heterocycles. The van der Waals surface area contributed by atoms with E-state index >= 15 is 0 Å². The number of aromatic nitrogens is 1. The topological polar surface area (TPSA) is 56.8 Å². The second-order valence-electron chi connectivity index (χ2n) is 7.82. The smallest absolute Gasteiger partial charge is 0.272 e. The number of likely N-dealkylation sites (tertiary alicyclic amines) is 1. The SMILES string of the molecule is O=C(c1ccccn1)N1CCC(C(=O)N2CCCN(Cc3cccs3)CC2)CC1. The monoisotopic (exact) mass is 412 g/mol. The quantitative estimate of drug-likeness (QED) is 0.775. The number of rotatable bonds is 4. The summed E-state index contributed by atoms with van der Waals surface area (Å²) in [4.78, 5) is 37.5. The number of carbonyl (C=O) groups excluding carboxylic acids is 2. The summed E-state index contributed by atoms with van der Waals surface area (Å²) in [5.41, 5.74) is 0.482. The third-order valence-corrected chi connectivity index (χ3v) is 6.74. The van der Waals surface area contributed by atoms with Gasteiger partial charge in [-0.15, -0.1) is 11.3 Å². The van der Waals surface area contributed by atoms with Crippen LogP contribution in [0.15, 0.2) is 41.9 Å². The number of pyridine rings is 1. The molecule has 0 saturated carbocycles. The molecule has 0 aliphatic carbocycles. The number of thiophene rings is 1. The van der Waals surface area contributed by atoms with Gasteiger partial charge in [0.2, 0.25) is 5.91 Å². The van der Waals surface area contributed by atoms with Crippen LogP contribution in [0.4, 0.5) is 0 Å². The van der Waals surface area contributed by atoms with Crippen LogP contribution in [0.25, 0.3) is 0 Å². The van der Waals surface area contributed by atoms with E-state index in [4.69, 9.17) is 0 Å². The first-order valence-electron chi connectivity index (χ1n) is 10.4. The van der Waals surface area contributed by atoms with E-state index in [-0.39, 0.29) is 17.7 Å². The summed E-state index contributed by atoms with van der Waals surface area (Å²) in [6.07, 6.45) is 4.15. The van der Waals surface area contributed by atoms with Crippen molar-refractivity contribution in [1.29, 1.82) is 0 Å². The summed E-state index contributed by atoms with van der Waals surface area (Å²) in [5.74, 6) is 0.273. The minimum absolute atomic E-state index is 0.0320. The first kappa shape index (κ1) is 20.0. The molecule has 2 aliphatic rings. The van der Waals surface area contributed by atoms with Crippen molar-refractivity contribution in [3.63, 3.8) is 0 Å².